The van der Waals surface area contributed by atoms with Gasteiger partial charge in [-0.3, -0.25) is 14.7 Å². The van der Waals surface area contributed by atoms with Crippen LogP contribution in [0.2, 0.25) is 0 Å². The first-order valence-electron chi connectivity index (χ1n) is 16.3. The number of amides is 1. The number of halogens is 4. The van der Waals surface area contributed by atoms with Gasteiger partial charge in [0.15, 0.2) is 11.6 Å². The third-order valence-corrected chi connectivity index (χ3v) is 9.36. The van der Waals surface area contributed by atoms with Crippen LogP contribution in [0.4, 0.5) is 19.0 Å². The Morgan fingerprint density at radius 2 is 1.89 bits per heavy atom. The average molecular weight is 673 g/mol. The number of anilines is 1. The third kappa shape index (κ3) is 7.59. The van der Waals surface area contributed by atoms with Gasteiger partial charge in [0.2, 0.25) is 0 Å². The van der Waals surface area contributed by atoms with Crippen LogP contribution < -0.4 is 14.4 Å². The fourth-order valence-corrected chi connectivity index (χ4v) is 6.82. The average Bonchev–Trinajstić information content (AvgIpc) is 3.04. The van der Waals surface area contributed by atoms with Crippen LogP contribution in [-0.4, -0.2) is 86.8 Å². The number of carbonyl (C=O) groups excluding carboxylic acids is 1. The number of hydrogen-bond acceptors (Lipinski definition) is 8. The molecule has 0 bridgehead atoms. The first-order valence-corrected chi connectivity index (χ1v) is 16.8. The maximum Gasteiger partial charge on any atom is 0.258 e. The number of benzene rings is 1. The van der Waals surface area contributed by atoms with Crippen molar-refractivity contribution in [2.24, 2.45) is 0 Å². The molecule has 13 heteroatoms. The van der Waals surface area contributed by atoms with Crippen LogP contribution in [-0.2, 0) is 13.0 Å². The number of fused-ring (bicyclic) bond motifs is 1. The number of rotatable bonds is 11. The zero-order valence-electron chi connectivity index (χ0n) is 26.7. The second kappa shape index (κ2) is 14.2. The normalized spacial score (nSPS) is 18.5. The molecule has 1 saturated carbocycles. The van der Waals surface area contributed by atoms with E-state index in [1.165, 1.54) is 29.6 Å². The topological polar surface area (TPSA) is 83.9 Å². The molecule has 3 aliphatic rings. The number of ether oxygens (including phenoxy) is 2. The summed E-state index contributed by atoms with van der Waals surface area (Å²) in [6, 6.07) is 4.60. The van der Waals surface area contributed by atoms with E-state index in [-0.39, 0.29) is 23.5 Å². The molecule has 2 aliphatic heterocycles. The van der Waals surface area contributed by atoms with E-state index in [2.05, 4.69) is 24.8 Å². The molecule has 9 nitrogen and oxygen atoms in total. The Labute approximate surface area is 278 Å². The Bertz CT molecular complexity index is 1560. The van der Waals surface area contributed by atoms with E-state index in [9.17, 15) is 18.0 Å². The summed E-state index contributed by atoms with van der Waals surface area (Å²) < 4.78 is 54.7. The number of nitrogens with zero attached hydrogens (tertiary/aromatic N) is 6. The molecule has 1 saturated heterocycles. The van der Waals surface area contributed by atoms with E-state index in [1.54, 1.807) is 13.8 Å². The molecule has 3 aromatic rings. The third-order valence-electron chi connectivity index (χ3n) is 9.10. The van der Waals surface area contributed by atoms with E-state index in [4.69, 9.17) is 21.1 Å². The van der Waals surface area contributed by atoms with Gasteiger partial charge in [-0.1, -0.05) is 0 Å². The van der Waals surface area contributed by atoms with Gasteiger partial charge in [-0.2, -0.15) is 0 Å². The standard InChI is InChI=1S/C34H40ClF3N6O3/c1-22(2)44(24-17-34(37,38)18-24)33(45)26-16-23(36)4-5-29(26)47-31-19-39-21-41-32(31)43-14-7-25(8-15-43)46-30-6-11-40-28-9-13-42(12-3-10-35)20-27(28)30/h4-6,11,16,19,21-22,24-25H,3,7-10,12-15,17-18,20H2,1-2H3. The number of pyridine rings is 1. The minimum atomic E-state index is -2.81. The molecule has 6 rings (SSSR count). The Morgan fingerprint density at radius 3 is 2.62 bits per heavy atom. The van der Waals surface area contributed by atoms with Gasteiger partial charge in [0.25, 0.3) is 11.8 Å². The van der Waals surface area contributed by atoms with Crippen LogP contribution in [0.15, 0.2) is 43.0 Å². The lowest BCUT2D eigenvalue weighted by Crippen LogP contribution is -2.55. The van der Waals surface area contributed by atoms with E-state index >= 15 is 0 Å². The summed E-state index contributed by atoms with van der Waals surface area (Å²) in [6.07, 6.45) is 7.23. The van der Waals surface area contributed by atoms with Gasteiger partial charge in [-0.05, 0) is 51.1 Å². The minimum Gasteiger partial charge on any atom is -0.490 e. The Kier molecular flexibility index (Phi) is 10.1. The highest BCUT2D eigenvalue weighted by Crippen LogP contribution is 2.42. The fourth-order valence-electron chi connectivity index (χ4n) is 6.70. The van der Waals surface area contributed by atoms with Crippen LogP contribution in [0, 0.1) is 5.82 Å². The van der Waals surface area contributed by atoms with Crippen LogP contribution >= 0.6 is 11.6 Å². The highest BCUT2D eigenvalue weighted by atomic mass is 35.5. The molecule has 1 amide bonds. The van der Waals surface area contributed by atoms with Crippen molar-refractivity contribution in [3.8, 4) is 17.2 Å². The lowest BCUT2D eigenvalue weighted by Gasteiger charge is -2.44. The smallest absolute Gasteiger partial charge is 0.258 e. The SMILES string of the molecule is CC(C)N(C(=O)c1cc(F)ccc1Oc1cncnc1N1CCC(Oc2ccnc3c2CN(CCCCl)CC3)CC1)C1CC(F)(F)C1. The summed E-state index contributed by atoms with van der Waals surface area (Å²) in [4.78, 5) is 32.8. The van der Waals surface area contributed by atoms with Gasteiger partial charge >= 0.3 is 0 Å². The molecule has 47 heavy (non-hydrogen) atoms. The van der Waals surface area contributed by atoms with E-state index in [1.807, 2.05) is 12.3 Å². The van der Waals surface area contributed by atoms with Gasteiger partial charge in [0.1, 0.15) is 29.7 Å². The van der Waals surface area contributed by atoms with Crippen LogP contribution in [0.1, 0.15) is 67.6 Å². The largest absolute Gasteiger partial charge is 0.490 e. The zero-order valence-corrected chi connectivity index (χ0v) is 27.4. The van der Waals surface area contributed by atoms with Crippen molar-refractivity contribution in [2.75, 3.05) is 37.0 Å². The highest BCUT2D eigenvalue weighted by Gasteiger charge is 2.50. The predicted octanol–water partition coefficient (Wildman–Crippen LogP) is 6.49. The maximum absolute atomic E-state index is 14.5. The molecule has 2 aromatic heterocycles. The number of carbonyl (C=O) groups is 1. The molecule has 0 atom stereocenters. The molecule has 1 aromatic carbocycles. The maximum atomic E-state index is 14.5. The molecule has 4 heterocycles. The quantitative estimate of drug-likeness (QED) is 0.214. The van der Waals surface area contributed by atoms with Crippen molar-refractivity contribution in [1.82, 2.24) is 24.8 Å². The van der Waals surface area contributed by atoms with Crippen molar-refractivity contribution in [2.45, 2.75) is 83.0 Å². The molecule has 252 valence electrons. The summed E-state index contributed by atoms with van der Waals surface area (Å²) in [7, 11) is 0. The monoisotopic (exact) mass is 672 g/mol. The first kappa shape index (κ1) is 33.3. The van der Waals surface area contributed by atoms with Crippen molar-refractivity contribution < 1.29 is 27.4 Å². The number of alkyl halides is 3. The summed E-state index contributed by atoms with van der Waals surface area (Å²) in [5.74, 6) is -1.54. The number of hydrogen-bond donors (Lipinski definition) is 0. The molecule has 0 spiro atoms. The Hall–Kier alpha value is -3.64. The molecule has 1 aliphatic carbocycles. The summed E-state index contributed by atoms with van der Waals surface area (Å²) >= 11 is 5.93. The minimum absolute atomic E-state index is 0.00407. The second-order valence-electron chi connectivity index (χ2n) is 12.8. The van der Waals surface area contributed by atoms with E-state index in [0.29, 0.717) is 30.5 Å². The first-order chi connectivity index (χ1) is 22.6. The number of piperidine rings is 1. The van der Waals surface area contributed by atoms with Gasteiger partial charge in [0, 0.05) is 93.7 Å². The van der Waals surface area contributed by atoms with Gasteiger partial charge in [-0.25, -0.2) is 23.1 Å². The Balaban J connectivity index is 1.14. The lowest BCUT2D eigenvalue weighted by atomic mass is 9.85. The number of aromatic nitrogens is 3. The van der Waals surface area contributed by atoms with Crippen LogP contribution in [0.25, 0.3) is 0 Å². The summed E-state index contributed by atoms with van der Waals surface area (Å²) in [5, 5.41) is 0. The molecule has 2 fully saturated rings. The van der Waals surface area contributed by atoms with Crippen molar-refractivity contribution >= 4 is 23.3 Å². The highest BCUT2D eigenvalue weighted by molar-refractivity contribution is 6.17. The second-order valence-corrected chi connectivity index (χ2v) is 13.2. The van der Waals surface area contributed by atoms with Crippen molar-refractivity contribution in [1.29, 1.82) is 0 Å². The predicted molar refractivity (Wildman–Crippen MR) is 172 cm³/mol. The Morgan fingerprint density at radius 1 is 1.11 bits per heavy atom. The molecule has 0 radical (unpaired) electrons. The van der Waals surface area contributed by atoms with Gasteiger partial charge < -0.3 is 19.3 Å². The molecular formula is C34H40ClF3N6O3. The zero-order chi connectivity index (χ0) is 33.1. The van der Waals surface area contributed by atoms with E-state index < -0.39 is 36.5 Å². The fraction of sp³-hybridized carbons (Fsp3) is 0.529. The molecule has 0 unspecified atom stereocenters. The van der Waals surface area contributed by atoms with Crippen LogP contribution in [0.3, 0.4) is 0 Å². The molecular weight excluding hydrogens is 633 g/mol. The van der Waals surface area contributed by atoms with Crippen molar-refractivity contribution in [3.63, 3.8) is 0 Å². The van der Waals surface area contributed by atoms with Gasteiger partial charge in [0.05, 0.1) is 11.8 Å². The molecule has 0 N–H and O–H groups in total. The van der Waals surface area contributed by atoms with Crippen LogP contribution in [0.5, 0.6) is 17.2 Å². The summed E-state index contributed by atoms with van der Waals surface area (Å²) in [5.41, 5.74) is 2.19. The van der Waals surface area contributed by atoms with E-state index in [0.717, 1.165) is 68.4 Å². The van der Waals surface area contributed by atoms with Crippen molar-refractivity contribution in [3.05, 3.63) is 65.6 Å². The summed E-state index contributed by atoms with van der Waals surface area (Å²) in [6.45, 7) is 7.50. The lowest BCUT2D eigenvalue weighted by molar-refractivity contribution is -0.120. The van der Waals surface area contributed by atoms with Gasteiger partial charge in [-0.15, -0.1) is 11.6 Å².